The van der Waals surface area contributed by atoms with Gasteiger partial charge in [0.15, 0.2) is 11.0 Å². The molecule has 6 nitrogen and oxygen atoms in total. The third-order valence-electron chi connectivity index (χ3n) is 4.84. The van der Waals surface area contributed by atoms with Gasteiger partial charge in [-0.05, 0) is 39.2 Å². The number of aromatic nitrogens is 3. The highest BCUT2D eigenvalue weighted by Gasteiger charge is 2.32. The molecule has 0 spiro atoms. The van der Waals surface area contributed by atoms with Crippen LogP contribution in [0.2, 0.25) is 0 Å². The number of carbonyl (C=O) groups excluding carboxylic acids is 1. The number of hydrogen-bond donors (Lipinski definition) is 1. The summed E-state index contributed by atoms with van der Waals surface area (Å²) in [6.07, 6.45) is 0. The lowest BCUT2D eigenvalue weighted by atomic mass is 9.90. The van der Waals surface area contributed by atoms with Crippen molar-refractivity contribution in [3.8, 4) is 17.5 Å². The fourth-order valence-electron chi connectivity index (χ4n) is 2.55. The van der Waals surface area contributed by atoms with Crippen LogP contribution in [0.3, 0.4) is 0 Å². The molecule has 7 heteroatoms. The van der Waals surface area contributed by atoms with Crippen molar-refractivity contribution in [2.45, 2.75) is 64.0 Å². The van der Waals surface area contributed by atoms with E-state index < -0.39 is 10.8 Å². The van der Waals surface area contributed by atoms with E-state index in [2.05, 4.69) is 21.6 Å². The lowest BCUT2D eigenvalue weighted by Gasteiger charge is -2.28. The third-order valence-corrected chi connectivity index (χ3v) is 5.92. The van der Waals surface area contributed by atoms with E-state index in [0.29, 0.717) is 11.7 Å². The highest BCUT2D eigenvalue weighted by molar-refractivity contribution is 8.00. The van der Waals surface area contributed by atoms with Crippen LogP contribution in [0.15, 0.2) is 29.4 Å². The normalized spacial score (nSPS) is 14.4. The molecule has 1 heterocycles. The Hall–Kier alpha value is -2.33. The monoisotopic (exact) mass is 385 g/mol. The van der Waals surface area contributed by atoms with Gasteiger partial charge in [-0.25, -0.2) is 0 Å². The average molecular weight is 386 g/mol. The lowest BCUT2D eigenvalue weighted by molar-refractivity contribution is -0.121. The van der Waals surface area contributed by atoms with Gasteiger partial charge in [-0.15, -0.1) is 10.2 Å². The Kier molecular flexibility index (Phi) is 6.66. The molecule has 1 N–H and O–H groups in total. The molecule has 1 amide bonds. The number of rotatable bonds is 7. The molecule has 0 aliphatic heterocycles. The average Bonchev–Trinajstić information content (AvgIpc) is 3.03. The molecule has 0 fully saturated rings. The fourth-order valence-corrected chi connectivity index (χ4v) is 3.47. The number of carbonyl (C=O) groups is 1. The van der Waals surface area contributed by atoms with Crippen molar-refractivity contribution < 1.29 is 4.79 Å². The third kappa shape index (κ3) is 4.51. The van der Waals surface area contributed by atoms with Gasteiger partial charge in [-0.3, -0.25) is 4.79 Å². The van der Waals surface area contributed by atoms with E-state index in [1.807, 2.05) is 63.5 Å². The number of thioether (sulfide) groups is 1. The Labute approximate surface area is 165 Å². The van der Waals surface area contributed by atoms with E-state index in [9.17, 15) is 10.1 Å². The minimum Gasteiger partial charge on any atom is -0.337 e. The Morgan fingerprint density at radius 3 is 2.56 bits per heavy atom. The standard InChI is InChI=1S/C20H27N5OS/c1-7-25-17(16-11-9-8-10-14(16)4)23-24-19(25)27-15(5)18(26)22-20(6,12-21)13(2)3/h8-11,13,15H,7H2,1-6H3,(H,22,26)/t15-,20+/m1/s1. The molecule has 2 atom stereocenters. The fraction of sp³-hybridized carbons (Fsp3) is 0.500. The van der Waals surface area contributed by atoms with Gasteiger partial charge < -0.3 is 9.88 Å². The number of amides is 1. The second-order valence-electron chi connectivity index (χ2n) is 7.08. The minimum absolute atomic E-state index is 0.00982. The molecule has 0 bridgehead atoms. The maximum atomic E-state index is 12.6. The first-order valence-corrected chi connectivity index (χ1v) is 10.0. The molecule has 27 heavy (non-hydrogen) atoms. The van der Waals surface area contributed by atoms with E-state index in [1.165, 1.54) is 11.8 Å². The van der Waals surface area contributed by atoms with Gasteiger partial charge in [0.2, 0.25) is 5.91 Å². The van der Waals surface area contributed by atoms with Crippen molar-refractivity contribution in [1.82, 2.24) is 20.1 Å². The maximum absolute atomic E-state index is 12.6. The summed E-state index contributed by atoms with van der Waals surface area (Å²) in [6.45, 7) is 12.2. The van der Waals surface area contributed by atoms with Crippen LogP contribution in [0, 0.1) is 24.2 Å². The Bertz CT molecular complexity index is 854. The summed E-state index contributed by atoms with van der Waals surface area (Å²) >= 11 is 1.36. The summed E-state index contributed by atoms with van der Waals surface area (Å²) in [5.74, 6) is 0.631. The molecular formula is C20H27N5OS. The summed E-state index contributed by atoms with van der Waals surface area (Å²) in [7, 11) is 0. The molecule has 0 saturated heterocycles. The van der Waals surface area contributed by atoms with E-state index in [1.54, 1.807) is 6.92 Å². The molecule has 2 rings (SSSR count). The van der Waals surface area contributed by atoms with E-state index in [0.717, 1.165) is 17.0 Å². The summed E-state index contributed by atoms with van der Waals surface area (Å²) in [5.41, 5.74) is 1.27. The van der Waals surface area contributed by atoms with Crippen molar-refractivity contribution in [2.24, 2.45) is 5.92 Å². The number of nitrogens with zero attached hydrogens (tertiary/aromatic N) is 4. The molecule has 0 aliphatic carbocycles. The lowest BCUT2D eigenvalue weighted by Crippen LogP contribution is -2.51. The van der Waals surface area contributed by atoms with Crippen LogP contribution in [0.1, 0.15) is 40.2 Å². The van der Waals surface area contributed by atoms with E-state index >= 15 is 0 Å². The van der Waals surface area contributed by atoms with Gasteiger partial charge in [0.25, 0.3) is 0 Å². The van der Waals surface area contributed by atoms with Crippen LogP contribution < -0.4 is 5.32 Å². The molecule has 144 valence electrons. The quantitative estimate of drug-likeness (QED) is 0.733. The van der Waals surface area contributed by atoms with Crippen LogP contribution in [0.5, 0.6) is 0 Å². The summed E-state index contributed by atoms with van der Waals surface area (Å²) < 4.78 is 2.02. The number of nitriles is 1. The molecular weight excluding hydrogens is 358 g/mol. The molecule has 0 saturated carbocycles. The molecule has 0 aliphatic rings. The zero-order valence-electron chi connectivity index (χ0n) is 16.8. The Balaban J connectivity index is 2.22. The van der Waals surface area contributed by atoms with Gasteiger partial charge in [-0.2, -0.15) is 5.26 Å². The number of aryl methyl sites for hydroxylation is 1. The first-order chi connectivity index (χ1) is 12.7. The SMILES string of the molecule is CCn1c(S[C@H](C)C(=O)N[C@@](C)(C#N)C(C)C)nnc1-c1ccccc1C. The van der Waals surface area contributed by atoms with Crippen molar-refractivity contribution in [2.75, 3.05) is 0 Å². The Morgan fingerprint density at radius 2 is 2.00 bits per heavy atom. The largest absolute Gasteiger partial charge is 0.337 e. The molecule has 0 radical (unpaired) electrons. The van der Waals surface area contributed by atoms with Crippen LogP contribution in [-0.2, 0) is 11.3 Å². The predicted octanol–water partition coefficient (Wildman–Crippen LogP) is 3.81. The van der Waals surface area contributed by atoms with Gasteiger partial charge in [0.05, 0.1) is 11.3 Å². The van der Waals surface area contributed by atoms with Gasteiger partial charge >= 0.3 is 0 Å². The van der Waals surface area contributed by atoms with Crippen LogP contribution >= 0.6 is 11.8 Å². The van der Waals surface area contributed by atoms with Crippen LogP contribution in [0.25, 0.3) is 11.4 Å². The highest BCUT2D eigenvalue weighted by atomic mass is 32.2. The highest BCUT2D eigenvalue weighted by Crippen LogP contribution is 2.29. The minimum atomic E-state index is -0.892. The topological polar surface area (TPSA) is 83.6 Å². The first kappa shape index (κ1) is 21.0. The van der Waals surface area contributed by atoms with Gasteiger partial charge in [-0.1, -0.05) is 49.9 Å². The molecule has 0 unspecified atom stereocenters. The summed E-state index contributed by atoms with van der Waals surface area (Å²) in [5, 5.41) is 21.3. The molecule has 1 aromatic carbocycles. The first-order valence-electron chi connectivity index (χ1n) is 9.12. The molecule has 2 aromatic rings. The van der Waals surface area contributed by atoms with Crippen molar-refractivity contribution >= 4 is 17.7 Å². The smallest absolute Gasteiger partial charge is 0.234 e. The molecule has 1 aromatic heterocycles. The maximum Gasteiger partial charge on any atom is 0.234 e. The van der Waals surface area contributed by atoms with Crippen molar-refractivity contribution in [3.05, 3.63) is 29.8 Å². The zero-order valence-corrected chi connectivity index (χ0v) is 17.6. The van der Waals surface area contributed by atoms with Crippen LogP contribution in [-0.4, -0.2) is 31.5 Å². The van der Waals surface area contributed by atoms with E-state index in [4.69, 9.17) is 0 Å². The zero-order chi connectivity index (χ0) is 20.2. The van der Waals surface area contributed by atoms with E-state index in [-0.39, 0.29) is 11.8 Å². The number of hydrogen-bond acceptors (Lipinski definition) is 5. The summed E-state index contributed by atoms with van der Waals surface area (Å²) in [6, 6.07) is 10.3. The number of benzene rings is 1. The Morgan fingerprint density at radius 1 is 1.33 bits per heavy atom. The van der Waals surface area contributed by atoms with Gasteiger partial charge in [0, 0.05) is 12.1 Å². The predicted molar refractivity (Wildman–Crippen MR) is 108 cm³/mol. The van der Waals surface area contributed by atoms with Crippen molar-refractivity contribution in [1.29, 1.82) is 5.26 Å². The van der Waals surface area contributed by atoms with Gasteiger partial charge in [0.1, 0.15) is 5.54 Å². The second kappa shape index (κ2) is 8.57. The second-order valence-corrected chi connectivity index (χ2v) is 8.39. The van der Waals surface area contributed by atoms with Crippen LogP contribution in [0.4, 0.5) is 0 Å². The summed E-state index contributed by atoms with van der Waals surface area (Å²) in [4.78, 5) is 12.6. The van der Waals surface area contributed by atoms with Crippen molar-refractivity contribution in [3.63, 3.8) is 0 Å². The number of nitrogens with one attached hydrogen (secondary N) is 1.